The highest BCUT2D eigenvalue weighted by molar-refractivity contribution is 5.95. The Morgan fingerprint density at radius 3 is 2.62 bits per heavy atom. The summed E-state index contributed by atoms with van der Waals surface area (Å²) in [4.78, 5) is 11.5. The van der Waals surface area contributed by atoms with Gasteiger partial charge in [0.25, 0.3) is 0 Å². The van der Waals surface area contributed by atoms with Gasteiger partial charge in [0.05, 0.1) is 19.8 Å². The Kier molecular flexibility index (Phi) is 3.86. The van der Waals surface area contributed by atoms with Gasteiger partial charge in [-0.15, -0.1) is 0 Å². The van der Waals surface area contributed by atoms with E-state index in [1.165, 1.54) is 14.2 Å². The monoisotopic (exact) mass is 220 g/mol. The van der Waals surface area contributed by atoms with Crippen LogP contribution in [-0.2, 0) is 11.3 Å². The molecule has 0 heterocycles. The number of ether oxygens (including phenoxy) is 2. The molecule has 0 aliphatic rings. The van der Waals surface area contributed by atoms with Crippen molar-refractivity contribution in [3.05, 3.63) is 28.8 Å². The van der Waals surface area contributed by atoms with Gasteiger partial charge in [0.1, 0.15) is 17.4 Å². The number of carbonyl (C=O) groups is 1. The summed E-state index contributed by atoms with van der Waals surface area (Å²) in [5.41, 5.74) is 6.39. The van der Waals surface area contributed by atoms with Gasteiger partial charge in [-0.1, -0.05) is 6.07 Å². The third-order valence-corrected chi connectivity index (χ3v) is 2.19. The molecule has 2 N–H and O–H groups in total. The maximum Gasteiger partial charge on any atom is 0.343 e. The van der Waals surface area contributed by atoms with Gasteiger partial charge in [-0.05, 0) is 11.6 Å². The van der Waals surface area contributed by atoms with E-state index in [1.54, 1.807) is 12.1 Å². The number of hydrogen-bond donors (Lipinski definition) is 1. The molecule has 0 saturated heterocycles. The SMILES string of the molecule is COC(=O)c1c(OC)ccc(CN)c1C#N. The lowest BCUT2D eigenvalue weighted by atomic mass is 10.0. The van der Waals surface area contributed by atoms with Gasteiger partial charge in [-0.2, -0.15) is 5.26 Å². The molecule has 0 atom stereocenters. The molecule has 0 unspecified atom stereocenters. The molecule has 0 bridgehead atoms. The third kappa shape index (κ3) is 1.97. The molecule has 0 amide bonds. The number of methoxy groups -OCH3 is 2. The lowest BCUT2D eigenvalue weighted by molar-refractivity contribution is 0.0596. The Morgan fingerprint density at radius 2 is 2.19 bits per heavy atom. The van der Waals surface area contributed by atoms with Crippen LogP contribution >= 0.6 is 0 Å². The van der Waals surface area contributed by atoms with Crippen molar-refractivity contribution in [1.82, 2.24) is 0 Å². The molecule has 0 aliphatic carbocycles. The van der Waals surface area contributed by atoms with Crippen LogP contribution in [0.5, 0.6) is 5.75 Å². The molecule has 1 aromatic rings. The van der Waals surface area contributed by atoms with Crippen molar-refractivity contribution < 1.29 is 14.3 Å². The van der Waals surface area contributed by atoms with Crippen LogP contribution in [0.2, 0.25) is 0 Å². The molecule has 0 aliphatic heterocycles. The van der Waals surface area contributed by atoms with Gasteiger partial charge in [0, 0.05) is 6.54 Å². The number of nitrogens with zero attached hydrogens (tertiary/aromatic N) is 1. The van der Waals surface area contributed by atoms with Crippen LogP contribution in [0.15, 0.2) is 12.1 Å². The smallest absolute Gasteiger partial charge is 0.343 e. The highest BCUT2D eigenvalue weighted by atomic mass is 16.5. The molecular weight excluding hydrogens is 208 g/mol. The van der Waals surface area contributed by atoms with Crippen LogP contribution in [0, 0.1) is 11.3 Å². The fraction of sp³-hybridized carbons (Fsp3) is 0.273. The second kappa shape index (κ2) is 5.14. The number of nitrogens with two attached hydrogens (primary N) is 1. The Bertz CT molecular complexity index is 449. The van der Waals surface area contributed by atoms with Gasteiger partial charge >= 0.3 is 5.97 Å². The fourth-order valence-electron chi connectivity index (χ4n) is 1.40. The molecule has 0 spiro atoms. The number of nitriles is 1. The summed E-state index contributed by atoms with van der Waals surface area (Å²) < 4.78 is 9.63. The summed E-state index contributed by atoms with van der Waals surface area (Å²) in [6, 6.07) is 5.19. The van der Waals surface area contributed by atoms with Crippen LogP contribution in [0.3, 0.4) is 0 Å². The van der Waals surface area contributed by atoms with Crippen molar-refractivity contribution in [3.8, 4) is 11.8 Å². The van der Waals surface area contributed by atoms with E-state index in [0.717, 1.165) is 0 Å². The van der Waals surface area contributed by atoms with Gasteiger partial charge in [-0.3, -0.25) is 0 Å². The summed E-state index contributed by atoms with van der Waals surface area (Å²) in [6.07, 6.45) is 0. The van der Waals surface area contributed by atoms with E-state index in [1.807, 2.05) is 6.07 Å². The van der Waals surface area contributed by atoms with E-state index in [9.17, 15) is 4.79 Å². The lowest BCUT2D eigenvalue weighted by Crippen LogP contribution is -2.10. The van der Waals surface area contributed by atoms with Crippen LogP contribution in [0.25, 0.3) is 0 Å². The molecule has 84 valence electrons. The maximum atomic E-state index is 11.5. The zero-order chi connectivity index (χ0) is 12.1. The van der Waals surface area contributed by atoms with Crippen molar-refractivity contribution >= 4 is 5.97 Å². The minimum absolute atomic E-state index is 0.121. The Morgan fingerprint density at radius 1 is 1.50 bits per heavy atom. The highest BCUT2D eigenvalue weighted by Gasteiger charge is 2.20. The first-order valence-corrected chi connectivity index (χ1v) is 4.57. The zero-order valence-corrected chi connectivity index (χ0v) is 9.11. The minimum atomic E-state index is -0.608. The summed E-state index contributed by atoms with van der Waals surface area (Å²) >= 11 is 0. The summed E-state index contributed by atoms with van der Waals surface area (Å²) in [7, 11) is 2.67. The van der Waals surface area contributed by atoms with E-state index >= 15 is 0 Å². The van der Waals surface area contributed by atoms with E-state index < -0.39 is 5.97 Å². The van der Waals surface area contributed by atoms with Crippen molar-refractivity contribution in [2.45, 2.75) is 6.54 Å². The quantitative estimate of drug-likeness (QED) is 0.762. The fourth-order valence-corrected chi connectivity index (χ4v) is 1.40. The second-order valence-corrected chi connectivity index (χ2v) is 2.98. The van der Waals surface area contributed by atoms with E-state index in [0.29, 0.717) is 11.3 Å². The Balaban J connectivity index is 3.50. The van der Waals surface area contributed by atoms with Crippen LogP contribution in [0.4, 0.5) is 0 Å². The Labute approximate surface area is 93.4 Å². The third-order valence-electron chi connectivity index (χ3n) is 2.19. The first kappa shape index (κ1) is 12.0. The summed E-state index contributed by atoms with van der Waals surface area (Å²) in [5, 5.41) is 9.03. The molecule has 16 heavy (non-hydrogen) atoms. The molecule has 0 fully saturated rings. The summed E-state index contributed by atoms with van der Waals surface area (Å²) in [5.74, 6) is -0.302. The van der Waals surface area contributed by atoms with Gasteiger partial charge < -0.3 is 15.2 Å². The normalized spacial score (nSPS) is 9.38. The van der Waals surface area contributed by atoms with Crippen LogP contribution < -0.4 is 10.5 Å². The molecular formula is C11H12N2O3. The molecule has 5 heteroatoms. The molecule has 0 radical (unpaired) electrons. The molecule has 0 aromatic heterocycles. The zero-order valence-electron chi connectivity index (χ0n) is 9.11. The number of hydrogen-bond acceptors (Lipinski definition) is 5. The van der Waals surface area contributed by atoms with Gasteiger partial charge in [-0.25, -0.2) is 4.79 Å². The first-order chi connectivity index (χ1) is 7.69. The molecule has 1 aromatic carbocycles. The second-order valence-electron chi connectivity index (χ2n) is 2.98. The molecule has 5 nitrogen and oxygen atoms in total. The molecule has 1 rings (SSSR count). The van der Waals surface area contributed by atoms with Crippen LogP contribution in [0.1, 0.15) is 21.5 Å². The summed E-state index contributed by atoms with van der Waals surface area (Å²) in [6.45, 7) is 0.177. The van der Waals surface area contributed by atoms with E-state index in [2.05, 4.69) is 4.74 Å². The first-order valence-electron chi connectivity index (χ1n) is 4.57. The van der Waals surface area contributed by atoms with Crippen molar-refractivity contribution in [1.29, 1.82) is 5.26 Å². The standard InChI is InChI=1S/C11H12N2O3/c1-15-9-4-3-7(5-12)8(6-13)10(9)11(14)16-2/h3-4H,5,12H2,1-2H3. The topological polar surface area (TPSA) is 85.3 Å². The van der Waals surface area contributed by atoms with E-state index in [4.69, 9.17) is 15.7 Å². The molecule has 0 saturated carbocycles. The van der Waals surface area contributed by atoms with Gasteiger partial charge in [0.15, 0.2) is 0 Å². The lowest BCUT2D eigenvalue weighted by Gasteiger charge is -2.11. The van der Waals surface area contributed by atoms with Crippen molar-refractivity contribution in [3.63, 3.8) is 0 Å². The van der Waals surface area contributed by atoms with Crippen molar-refractivity contribution in [2.75, 3.05) is 14.2 Å². The van der Waals surface area contributed by atoms with Gasteiger partial charge in [0.2, 0.25) is 0 Å². The average Bonchev–Trinajstić information content (AvgIpc) is 2.35. The number of rotatable bonds is 3. The largest absolute Gasteiger partial charge is 0.496 e. The Hall–Kier alpha value is -2.06. The number of benzene rings is 1. The predicted octanol–water partition coefficient (Wildman–Crippen LogP) is 0.812. The minimum Gasteiger partial charge on any atom is -0.496 e. The van der Waals surface area contributed by atoms with Crippen LogP contribution in [-0.4, -0.2) is 20.2 Å². The number of esters is 1. The highest BCUT2D eigenvalue weighted by Crippen LogP contribution is 2.25. The van der Waals surface area contributed by atoms with Crippen molar-refractivity contribution in [2.24, 2.45) is 5.73 Å². The number of carbonyl (C=O) groups excluding carboxylic acids is 1. The average molecular weight is 220 g/mol. The van der Waals surface area contributed by atoms with E-state index in [-0.39, 0.29) is 17.7 Å². The maximum absolute atomic E-state index is 11.5. The predicted molar refractivity (Wildman–Crippen MR) is 56.9 cm³/mol.